The molecule has 0 aliphatic carbocycles. The van der Waals surface area contributed by atoms with Gasteiger partial charge in [-0.15, -0.1) is 12.4 Å². The maximum absolute atomic E-state index is 11.8. The molecule has 22 heavy (non-hydrogen) atoms. The van der Waals surface area contributed by atoms with Gasteiger partial charge in [-0.1, -0.05) is 0 Å². The molecule has 1 aliphatic rings. The average Bonchev–Trinajstić information content (AvgIpc) is 2.81. The Labute approximate surface area is 135 Å². The molecule has 1 atom stereocenters. The fourth-order valence-electron chi connectivity index (χ4n) is 2.54. The van der Waals surface area contributed by atoms with Crippen LogP contribution in [0.2, 0.25) is 0 Å². The number of nitro groups is 1. The van der Waals surface area contributed by atoms with Crippen LogP contribution in [0.4, 0.5) is 5.82 Å². The third-order valence-electron chi connectivity index (χ3n) is 3.74. The molecular weight excluding hydrogens is 310 g/mol. The monoisotopic (exact) mass is 331 g/mol. The van der Waals surface area contributed by atoms with Crippen LogP contribution in [0.1, 0.15) is 25.1 Å². The van der Waals surface area contributed by atoms with E-state index in [0.29, 0.717) is 18.3 Å². The number of piperidine rings is 1. The molecule has 1 saturated heterocycles. The summed E-state index contributed by atoms with van der Waals surface area (Å²) in [4.78, 5) is 25.7. The zero-order valence-corrected chi connectivity index (χ0v) is 13.4. The first-order valence-corrected chi connectivity index (χ1v) is 7.22. The molecular formula is C13H22ClN5O3. The summed E-state index contributed by atoms with van der Waals surface area (Å²) in [7, 11) is 0. The number of carbonyl (C=O) groups excluding carboxylic acids is 1. The van der Waals surface area contributed by atoms with E-state index in [4.69, 9.17) is 0 Å². The summed E-state index contributed by atoms with van der Waals surface area (Å²) in [6.45, 7) is 4.45. The Hall–Kier alpha value is -1.67. The van der Waals surface area contributed by atoms with Gasteiger partial charge in [-0.05, 0) is 48.2 Å². The zero-order chi connectivity index (χ0) is 15.2. The second-order valence-electron chi connectivity index (χ2n) is 5.38. The number of rotatable bonds is 6. The Kier molecular flexibility index (Phi) is 7.26. The summed E-state index contributed by atoms with van der Waals surface area (Å²) >= 11 is 0. The maximum atomic E-state index is 11.8. The number of nitrogens with zero attached hydrogens (tertiary/aromatic N) is 3. The Morgan fingerprint density at radius 2 is 2.41 bits per heavy atom. The Balaban J connectivity index is 0.00000242. The van der Waals surface area contributed by atoms with Gasteiger partial charge in [0.05, 0.1) is 0 Å². The normalized spacial score (nSPS) is 17.6. The topological polar surface area (TPSA) is 102 Å². The smallest absolute Gasteiger partial charge is 0.358 e. The summed E-state index contributed by atoms with van der Waals surface area (Å²) in [5.74, 6) is 0.714. The predicted octanol–water partition coefficient (Wildman–Crippen LogP) is 1.03. The van der Waals surface area contributed by atoms with Crippen molar-refractivity contribution in [2.75, 3.05) is 19.6 Å². The number of hydrogen-bond donors (Lipinski definition) is 2. The van der Waals surface area contributed by atoms with Gasteiger partial charge in [-0.2, -0.15) is 0 Å². The van der Waals surface area contributed by atoms with Gasteiger partial charge < -0.3 is 20.7 Å². The highest BCUT2D eigenvalue weighted by Crippen LogP contribution is 2.13. The average molecular weight is 332 g/mol. The molecule has 1 aromatic heterocycles. The predicted molar refractivity (Wildman–Crippen MR) is 84.1 cm³/mol. The molecule has 0 aromatic carbocycles. The molecule has 2 heterocycles. The van der Waals surface area contributed by atoms with Crippen LogP contribution < -0.4 is 10.6 Å². The quantitative estimate of drug-likeness (QED) is 0.598. The van der Waals surface area contributed by atoms with Gasteiger partial charge in [-0.25, -0.2) is 0 Å². The largest absolute Gasteiger partial charge is 0.381 e. The Morgan fingerprint density at radius 1 is 1.64 bits per heavy atom. The second kappa shape index (κ2) is 8.70. The number of imidazole rings is 1. The van der Waals surface area contributed by atoms with Crippen LogP contribution in [0.5, 0.6) is 0 Å². The second-order valence-corrected chi connectivity index (χ2v) is 5.38. The highest BCUT2D eigenvalue weighted by Gasteiger charge is 2.17. The summed E-state index contributed by atoms with van der Waals surface area (Å²) in [6, 6.07) is 0. The molecule has 0 bridgehead atoms. The van der Waals surface area contributed by atoms with E-state index in [1.807, 2.05) is 0 Å². The van der Waals surface area contributed by atoms with E-state index in [-0.39, 0.29) is 30.7 Å². The Bertz CT molecular complexity index is 514. The van der Waals surface area contributed by atoms with Crippen molar-refractivity contribution in [3.8, 4) is 0 Å². The fraction of sp³-hybridized carbons (Fsp3) is 0.692. The number of hydrogen-bond acceptors (Lipinski definition) is 5. The molecule has 124 valence electrons. The van der Waals surface area contributed by atoms with Gasteiger partial charge in [0.2, 0.25) is 11.7 Å². The number of carbonyl (C=O) groups is 1. The van der Waals surface area contributed by atoms with E-state index in [9.17, 15) is 14.9 Å². The van der Waals surface area contributed by atoms with E-state index >= 15 is 0 Å². The fourth-order valence-corrected chi connectivity index (χ4v) is 2.54. The molecule has 1 amide bonds. The molecule has 2 rings (SSSR count). The molecule has 1 unspecified atom stereocenters. The molecule has 1 aliphatic heterocycles. The first-order chi connectivity index (χ1) is 10.1. The van der Waals surface area contributed by atoms with Crippen molar-refractivity contribution in [1.29, 1.82) is 0 Å². The van der Waals surface area contributed by atoms with Gasteiger partial charge in [0.1, 0.15) is 12.7 Å². The minimum absolute atomic E-state index is 0. The highest BCUT2D eigenvalue weighted by atomic mass is 35.5. The lowest BCUT2D eigenvalue weighted by atomic mass is 9.96. The first kappa shape index (κ1) is 18.4. The van der Waals surface area contributed by atoms with E-state index < -0.39 is 4.92 Å². The van der Waals surface area contributed by atoms with Gasteiger partial charge in [-0.3, -0.25) is 9.36 Å². The van der Waals surface area contributed by atoms with Gasteiger partial charge in [0.15, 0.2) is 0 Å². The van der Waals surface area contributed by atoms with E-state index in [1.165, 1.54) is 23.6 Å². The lowest BCUT2D eigenvalue weighted by molar-refractivity contribution is -0.389. The third-order valence-corrected chi connectivity index (χ3v) is 3.74. The van der Waals surface area contributed by atoms with Gasteiger partial charge >= 0.3 is 5.82 Å². The van der Waals surface area contributed by atoms with Gasteiger partial charge in [0, 0.05) is 13.5 Å². The standard InChI is InChI=1S/C13H21N5O3.ClH/c1-10-16-12(18(20)21)8-17(10)9-13(19)15-6-4-11-3-2-5-14-7-11;/h8,11,14H,2-7,9H2,1H3,(H,15,19);1H. The highest BCUT2D eigenvalue weighted by molar-refractivity contribution is 5.85. The van der Waals surface area contributed by atoms with Crippen LogP contribution in [0.25, 0.3) is 0 Å². The summed E-state index contributed by atoms with van der Waals surface area (Å²) in [5.41, 5.74) is 0. The lowest BCUT2D eigenvalue weighted by Gasteiger charge is -2.22. The molecule has 0 radical (unpaired) electrons. The molecule has 9 heteroatoms. The molecule has 1 aromatic rings. The first-order valence-electron chi connectivity index (χ1n) is 7.22. The number of halogens is 1. The molecule has 0 saturated carbocycles. The molecule has 8 nitrogen and oxygen atoms in total. The SMILES string of the molecule is Cc1nc([N+](=O)[O-])cn1CC(=O)NCCC1CCCNC1.Cl. The van der Waals surface area contributed by atoms with Crippen molar-refractivity contribution in [3.63, 3.8) is 0 Å². The van der Waals surface area contributed by atoms with Crippen molar-refractivity contribution >= 4 is 24.1 Å². The van der Waals surface area contributed by atoms with E-state index in [2.05, 4.69) is 15.6 Å². The zero-order valence-electron chi connectivity index (χ0n) is 12.6. The van der Waals surface area contributed by atoms with Crippen molar-refractivity contribution in [2.45, 2.75) is 32.7 Å². The van der Waals surface area contributed by atoms with Crippen LogP contribution in [-0.4, -0.2) is 40.0 Å². The minimum atomic E-state index is -0.558. The van der Waals surface area contributed by atoms with Crippen LogP contribution in [0, 0.1) is 23.0 Å². The Morgan fingerprint density at radius 3 is 3.00 bits per heavy atom. The summed E-state index contributed by atoms with van der Waals surface area (Å²) < 4.78 is 1.50. The molecule has 1 fully saturated rings. The summed E-state index contributed by atoms with van der Waals surface area (Å²) in [5, 5.41) is 16.8. The van der Waals surface area contributed by atoms with Crippen LogP contribution >= 0.6 is 12.4 Å². The number of amides is 1. The minimum Gasteiger partial charge on any atom is -0.358 e. The number of aryl methyl sites for hydroxylation is 1. The summed E-state index contributed by atoms with van der Waals surface area (Å²) in [6.07, 6.45) is 4.65. The van der Waals surface area contributed by atoms with Crippen molar-refractivity contribution < 1.29 is 9.72 Å². The van der Waals surface area contributed by atoms with Crippen molar-refractivity contribution in [1.82, 2.24) is 20.2 Å². The molecule has 2 N–H and O–H groups in total. The maximum Gasteiger partial charge on any atom is 0.381 e. The number of nitrogens with one attached hydrogen (secondary N) is 2. The molecule has 0 spiro atoms. The van der Waals surface area contributed by atoms with Gasteiger partial charge in [0.25, 0.3) is 0 Å². The van der Waals surface area contributed by atoms with Crippen molar-refractivity contribution in [3.05, 3.63) is 22.1 Å². The number of aromatic nitrogens is 2. The lowest BCUT2D eigenvalue weighted by Crippen LogP contribution is -2.34. The van der Waals surface area contributed by atoms with Crippen molar-refractivity contribution in [2.24, 2.45) is 5.92 Å². The van der Waals surface area contributed by atoms with E-state index in [1.54, 1.807) is 6.92 Å². The van der Waals surface area contributed by atoms with Crippen LogP contribution in [0.15, 0.2) is 6.20 Å². The third kappa shape index (κ3) is 5.27. The van der Waals surface area contributed by atoms with Crippen LogP contribution in [-0.2, 0) is 11.3 Å². The van der Waals surface area contributed by atoms with Crippen LogP contribution in [0.3, 0.4) is 0 Å². The van der Waals surface area contributed by atoms with E-state index in [0.717, 1.165) is 19.5 Å².